The van der Waals surface area contributed by atoms with Crippen molar-refractivity contribution in [1.82, 2.24) is 10.6 Å². The number of carbonyl (C=O) groups excluding carboxylic acids is 1. The van der Waals surface area contributed by atoms with Crippen molar-refractivity contribution in [3.8, 4) is 0 Å². The number of hydrogen-bond donors (Lipinski definition) is 2. The zero-order valence-electron chi connectivity index (χ0n) is 12.9. The Balaban J connectivity index is 0.00000176. The van der Waals surface area contributed by atoms with Crippen LogP contribution in [0.2, 0.25) is 0 Å². The summed E-state index contributed by atoms with van der Waals surface area (Å²) in [5, 5.41) is 6.50. The van der Waals surface area contributed by atoms with Crippen LogP contribution in [0, 0.1) is 0 Å². The molecule has 4 heteroatoms. The smallest absolute Gasteiger partial charge is 0.230 e. The monoisotopic (exact) mass is 320 g/mol. The Morgan fingerprint density at radius 3 is 2.55 bits per heavy atom. The maximum Gasteiger partial charge on any atom is 0.230 e. The first-order valence-electron chi connectivity index (χ1n) is 8.04. The quantitative estimate of drug-likeness (QED) is 0.837. The highest BCUT2D eigenvalue weighted by atomic mass is 35.5. The summed E-state index contributed by atoms with van der Waals surface area (Å²) in [4.78, 5) is 12.9. The predicted molar refractivity (Wildman–Crippen MR) is 92.4 cm³/mol. The fourth-order valence-electron chi connectivity index (χ4n) is 3.58. The van der Waals surface area contributed by atoms with Crippen molar-refractivity contribution in [1.29, 1.82) is 0 Å². The molecule has 1 amide bonds. The highest BCUT2D eigenvalue weighted by Gasteiger charge is 2.42. The summed E-state index contributed by atoms with van der Waals surface area (Å²) in [5.41, 5.74) is 2.23. The number of rotatable bonds is 4. The van der Waals surface area contributed by atoms with Crippen LogP contribution in [0.15, 0.2) is 42.0 Å². The van der Waals surface area contributed by atoms with Gasteiger partial charge in [0, 0.05) is 13.1 Å². The Bertz CT molecular complexity index is 521. The molecule has 22 heavy (non-hydrogen) atoms. The minimum absolute atomic E-state index is 0. The van der Waals surface area contributed by atoms with Crippen molar-refractivity contribution in [2.45, 2.75) is 37.5 Å². The number of hydrogen-bond acceptors (Lipinski definition) is 2. The molecule has 1 aliphatic heterocycles. The molecule has 3 rings (SSSR count). The standard InChI is InChI=1S/C18H24N2O.ClH/c21-17(20-14-15-8-12-19-13-9-15)18(10-4-5-11-18)16-6-2-1-3-7-16;/h1-3,6-8,19H,4-5,9-14H2,(H,20,21);1H. The molecule has 1 saturated carbocycles. The van der Waals surface area contributed by atoms with Crippen molar-refractivity contribution >= 4 is 18.3 Å². The van der Waals surface area contributed by atoms with Gasteiger partial charge in [-0.05, 0) is 31.4 Å². The molecule has 120 valence electrons. The van der Waals surface area contributed by atoms with Gasteiger partial charge in [0.05, 0.1) is 5.41 Å². The Morgan fingerprint density at radius 2 is 1.91 bits per heavy atom. The third-order valence-electron chi connectivity index (χ3n) is 4.85. The second kappa shape index (κ2) is 7.80. The summed E-state index contributed by atoms with van der Waals surface area (Å²) in [5.74, 6) is 0.214. The number of nitrogens with one attached hydrogen (secondary N) is 2. The van der Waals surface area contributed by atoms with Crippen molar-refractivity contribution in [3.05, 3.63) is 47.5 Å². The van der Waals surface area contributed by atoms with Crippen molar-refractivity contribution < 1.29 is 4.79 Å². The van der Waals surface area contributed by atoms with Gasteiger partial charge in [0.15, 0.2) is 0 Å². The van der Waals surface area contributed by atoms with E-state index in [1.165, 1.54) is 11.1 Å². The molecule has 0 aromatic heterocycles. The number of halogens is 1. The van der Waals surface area contributed by atoms with Gasteiger partial charge >= 0.3 is 0 Å². The SMILES string of the molecule is Cl.O=C(NCC1=CCNCC1)C1(c2ccccc2)CCCC1. The van der Waals surface area contributed by atoms with Crippen LogP contribution in [0.1, 0.15) is 37.7 Å². The maximum atomic E-state index is 12.9. The summed E-state index contributed by atoms with van der Waals surface area (Å²) in [7, 11) is 0. The largest absolute Gasteiger partial charge is 0.352 e. The van der Waals surface area contributed by atoms with Gasteiger partial charge in [0.2, 0.25) is 5.91 Å². The van der Waals surface area contributed by atoms with E-state index < -0.39 is 0 Å². The Morgan fingerprint density at radius 1 is 1.18 bits per heavy atom. The lowest BCUT2D eigenvalue weighted by atomic mass is 9.78. The average Bonchev–Trinajstić information content (AvgIpc) is 3.05. The molecule has 1 aromatic rings. The van der Waals surface area contributed by atoms with Crippen LogP contribution in [-0.4, -0.2) is 25.5 Å². The lowest BCUT2D eigenvalue weighted by molar-refractivity contribution is -0.126. The van der Waals surface area contributed by atoms with E-state index in [4.69, 9.17) is 0 Å². The van der Waals surface area contributed by atoms with Crippen LogP contribution in [0.5, 0.6) is 0 Å². The first kappa shape index (κ1) is 17.0. The van der Waals surface area contributed by atoms with E-state index in [-0.39, 0.29) is 23.7 Å². The molecule has 0 bridgehead atoms. The average molecular weight is 321 g/mol. The van der Waals surface area contributed by atoms with E-state index in [9.17, 15) is 4.79 Å². The lowest BCUT2D eigenvalue weighted by Gasteiger charge is -2.29. The molecule has 0 spiro atoms. The summed E-state index contributed by atoms with van der Waals surface area (Å²) in [6, 6.07) is 10.3. The molecule has 0 atom stereocenters. The first-order chi connectivity index (χ1) is 10.3. The molecule has 2 aliphatic rings. The van der Waals surface area contributed by atoms with E-state index in [1.807, 2.05) is 18.2 Å². The zero-order valence-corrected chi connectivity index (χ0v) is 13.8. The molecule has 2 N–H and O–H groups in total. The van der Waals surface area contributed by atoms with E-state index in [0.717, 1.165) is 45.2 Å². The Hall–Kier alpha value is -1.32. The van der Waals surface area contributed by atoms with Crippen LogP contribution < -0.4 is 10.6 Å². The third kappa shape index (κ3) is 3.53. The maximum absolute atomic E-state index is 12.9. The molecule has 0 unspecified atom stereocenters. The van der Waals surface area contributed by atoms with Gasteiger partial charge < -0.3 is 10.6 Å². The summed E-state index contributed by atoms with van der Waals surface area (Å²) in [6.07, 6.45) is 7.49. The van der Waals surface area contributed by atoms with Crippen molar-refractivity contribution in [2.75, 3.05) is 19.6 Å². The second-order valence-corrected chi connectivity index (χ2v) is 6.15. The van der Waals surface area contributed by atoms with Gasteiger partial charge in [-0.15, -0.1) is 12.4 Å². The lowest BCUT2D eigenvalue weighted by Crippen LogP contribution is -2.43. The Labute approximate surface area is 139 Å². The van der Waals surface area contributed by atoms with Gasteiger partial charge in [0.1, 0.15) is 0 Å². The normalized spacial score (nSPS) is 19.9. The molecule has 1 heterocycles. The van der Waals surface area contributed by atoms with Gasteiger partial charge in [-0.3, -0.25) is 4.79 Å². The summed E-state index contributed by atoms with van der Waals surface area (Å²) < 4.78 is 0. The molecular formula is C18H25ClN2O. The fourth-order valence-corrected chi connectivity index (χ4v) is 3.58. The minimum Gasteiger partial charge on any atom is -0.352 e. The minimum atomic E-state index is -0.297. The second-order valence-electron chi connectivity index (χ2n) is 6.15. The predicted octanol–water partition coefficient (Wildman–Crippen LogP) is 2.96. The van der Waals surface area contributed by atoms with E-state index in [2.05, 4.69) is 28.8 Å². The van der Waals surface area contributed by atoms with Crippen LogP contribution in [0.4, 0.5) is 0 Å². The third-order valence-corrected chi connectivity index (χ3v) is 4.85. The van der Waals surface area contributed by atoms with E-state index >= 15 is 0 Å². The molecule has 0 radical (unpaired) electrons. The van der Waals surface area contributed by atoms with E-state index in [0.29, 0.717) is 6.54 Å². The van der Waals surface area contributed by atoms with E-state index in [1.54, 1.807) is 0 Å². The van der Waals surface area contributed by atoms with Gasteiger partial charge in [-0.25, -0.2) is 0 Å². The molecule has 0 saturated heterocycles. The van der Waals surface area contributed by atoms with Crippen LogP contribution in [-0.2, 0) is 10.2 Å². The highest BCUT2D eigenvalue weighted by molar-refractivity contribution is 5.88. The van der Waals surface area contributed by atoms with Crippen molar-refractivity contribution in [2.24, 2.45) is 0 Å². The van der Waals surface area contributed by atoms with Gasteiger partial charge in [0.25, 0.3) is 0 Å². The number of amides is 1. The summed E-state index contributed by atoms with van der Waals surface area (Å²) in [6.45, 7) is 2.65. The molecular weight excluding hydrogens is 296 g/mol. The topological polar surface area (TPSA) is 41.1 Å². The molecule has 3 nitrogen and oxygen atoms in total. The van der Waals surface area contributed by atoms with Crippen LogP contribution in [0.3, 0.4) is 0 Å². The molecule has 1 aromatic carbocycles. The van der Waals surface area contributed by atoms with Gasteiger partial charge in [-0.1, -0.05) is 54.8 Å². The van der Waals surface area contributed by atoms with Gasteiger partial charge in [-0.2, -0.15) is 0 Å². The van der Waals surface area contributed by atoms with Crippen LogP contribution >= 0.6 is 12.4 Å². The first-order valence-corrected chi connectivity index (χ1v) is 8.04. The molecule has 1 aliphatic carbocycles. The zero-order chi connectivity index (χ0) is 14.5. The number of carbonyl (C=O) groups is 1. The molecule has 1 fully saturated rings. The van der Waals surface area contributed by atoms with Crippen LogP contribution in [0.25, 0.3) is 0 Å². The highest BCUT2D eigenvalue weighted by Crippen LogP contribution is 2.41. The Kier molecular flexibility index (Phi) is 6.04. The summed E-state index contributed by atoms with van der Waals surface area (Å²) >= 11 is 0. The number of benzene rings is 1. The fraction of sp³-hybridized carbons (Fsp3) is 0.500. The van der Waals surface area contributed by atoms with Crippen molar-refractivity contribution in [3.63, 3.8) is 0 Å².